The summed E-state index contributed by atoms with van der Waals surface area (Å²) in [5.74, 6) is -0.492. The fourth-order valence-electron chi connectivity index (χ4n) is 2.20. The Morgan fingerprint density at radius 2 is 2.10 bits per heavy atom. The highest BCUT2D eigenvalue weighted by Crippen LogP contribution is 2.37. The van der Waals surface area contributed by atoms with E-state index in [-0.39, 0.29) is 0 Å². The molecule has 1 aliphatic carbocycles. The second-order valence-corrected chi connectivity index (χ2v) is 4.84. The Morgan fingerprint density at radius 1 is 1.38 bits per heavy atom. The Morgan fingerprint density at radius 3 is 2.67 bits per heavy atom. The summed E-state index contributed by atoms with van der Waals surface area (Å²) in [5, 5.41) is 4.36. The Balaban J connectivity index is 0.000000774. The van der Waals surface area contributed by atoms with Crippen molar-refractivity contribution < 1.29 is 4.79 Å². The van der Waals surface area contributed by atoms with E-state index in [4.69, 9.17) is 5.73 Å². The average molecular weight is 286 g/mol. The highest BCUT2D eigenvalue weighted by molar-refractivity contribution is 5.92. The van der Waals surface area contributed by atoms with E-state index in [1.807, 2.05) is 37.6 Å². The molecule has 3 rings (SSSR count). The van der Waals surface area contributed by atoms with Crippen LogP contribution in [0.4, 0.5) is 0 Å². The van der Waals surface area contributed by atoms with Gasteiger partial charge in [-0.15, -0.1) is 0 Å². The van der Waals surface area contributed by atoms with Crippen LogP contribution in [0, 0.1) is 0 Å². The van der Waals surface area contributed by atoms with Crippen molar-refractivity contribution in [3.05, 3.63) is 35.8 Å². The molecule has 5 nitrogen and oxygen atoms in total. The van der Waals surface area contributed by atoms with Crippen LogP contribution in [0.15, 0.2) is 24.4 Å². The quantitative estimate of drug-likeness (QED) is 0.939. The van der Waals surface area contributed by atoms with Gasteiger partial charge in [-0.05, 0) is 37.5 Å². The molecule has 0 atom stereocenters. The van der Waals surface area contributed by atoms with E-state index >= 15 is 0 Å². The van der Waals surface area contributed by atoms with Gasteiger partial charge in [0.15, 0.2) is 0 Å². The van der Waals surface area contributed by atoms with Crippen LogP contribution in [-0.2, 0) is 6.42 Å². The molecule has 0 bridgehead atoms. The van der Waals surface area contributed by atoms with Crippen LogP contribution in [0.25, 0.3) is 11.3 Å². The number of hydrogen-bond donors (Lipinski definition) is 1. The summed E-state index contributed by atoms with van der Waals surface area (Å²) >= 11 is 0. The molecule has 0 aliphatic heterocycles. The molecule has 1 fully saturated rings. The molecule has 2 N–H and O–H groups in total. The van der Waals surface area contributed by atoms with E-state index < -0.39 is 5.91 Å². The minimum Gasteiger partial charge on any atom is -0.364 e. The molecule has 2 heterocycles. The second-order valence-electron chi connectivity index (χ2n) is 4.84. The summed E-state index contributed by atoms with van der Waals surface area (Å²) in [4.78, 5) is 15.6. The van der Waals surface area contributed by atoms with Crippen molar-refractivity contribution >= 4 is 5.91 Å². The summed E-state index contributed by atoms with van der Waals surface area (Å²) < 4.78 is 2.03. The van der Waals surface area contributed by atoms with Crippen LogP contribution < -0.4 is 5.73 Å². The number of amides is 1. The van der Waals surface area contributed by atoms with Gasteiger partial charge in [0.25, 0.3) is 5.91 Å². The zero-order chi connectivity index (χ0) is 15.4. The Bertz CT molecular complexity index is 629. The van der Waals surface area contributed by atoms with Crippen LogP contribution in [0.3, 0.4) is 0 Å². The van der Waals surface area contributed by atoms with Gasteiger partial charge >= 0.3 is 0 Å². The van der Waals surface area contributed by atoms with Gasteiger partial charge in [0, 0.05) is 17.5 Å². The van der Waals surface area contributed by atoms with Crippen molar-refractivity contribution in [3.63, 3.8) is 0 Å². The SMILES string of the molecule is CC.CCc1cc(-c2ccnn2C2CC2)cc(C(N)=O)n1. The summed E-state index contributed by atoms with van der Waals surface area (Å²) in [6.45, 7) is 6.01. The zero-order valence-electron chi connectivity index (χ0n) is 12.8. The molecule has 1 amide bonds. The van der Waals surface area contributed by atoms with Crippen LogP contribution >= 0.6 is 0 Å². The van der Waals surface area contributed by atoms with Gasteiger partial charge < -0.3 is 5.73 Å². The topological polar surface area (TPSA) is 73.8 Å². The molecule has 0 radical (unpaired) electrons. The standard InChI is InChI=1S/C14H16N4O.C2H6/c1-2-10-7-9(8-12(17-10)14(15)19)13-5-6-16-18(13)11-3-4-11;1-2/h5-8,11H,2-4H2,1H3,(H2,15,19);1-2H3. The first-order chi connectivity index (χ1) is 10.2. The summed E-state index contributed by atoms with van der Waals surface area (Å²) in [7, 11) is 0. The van der Waals surface area contributed by atoms with Crippen molar-refractivity contribution in [1.82, 2.24) is 14.8 Å². The lowest BCUT2D eigenvalue weighted by atomic mass is 10.1. The predicted octanol–water partition coefficient (Wildman–Crippen LogP) is 2.97. The Kier molecular flexibility index (Phi) is 4.73. The summed E-state index contributed by atoms with van der Waals surface area (Å²) in [6.07, 6.45) is 4.90. The molecule has 0 spiro atoms. The molecule has 0 aromatic carbocycles. The molecule has 1 aliphatic rings. The third kappa shape index (κ3) is 3.29. The highest BCUT2D eigenvalue weighted by atomic mass is 16.1. The average Bonchev–Trinajstić information content (AvgIpc) is 3.25. The number of aromatic nitrogens is 3. The minimum absolute atomic E-state index is 0.317. The number of primary amides is 1. The van der Waals surface area contributed by atoms with Gasteiger partial charge in [-0.2, -0.15) is 5.10 Å². The predicted molar refractivity (Wildman–Crippen MR) is 83.0 cm³/mol. The first-order valence-corrected chi connectivity index (χ1v) is 7.53. The third-order valence-corrected chi connectivity index (χ3v) is 3.35. The number of carbonyl (C=O) groups excluding carboxylic acids is 1. The summed E-state index contributed by atoms with van der Waals surface area (Å²) in [6, 6.07) is 6.22. The van der Waals surface area contributed by atoms with E-state index in [0.29, 0.717) is 11.7 Å². The van der Waals surface area contributed by atoms with Crippen molar-refractivity contribution in [2.45, 2.75) is 46.1 Å². The normalized spacial score (nSPS) is 13.5. The van der Waals surface area contributed by atoms with Crippen molar-refractivity contribution in [1.29, 1.82) is 0 Å². The Hall–Kier alpha value is -2.17. The largest absolute Gasteiger partial charge is 0.364 e. The first kappa shape index (κ1) is 15.2. The van der Waals surface area contributed by atoms with Gasteiger partial charge in [-0.25, -0.2) is 4.98 Å². The summed E-state index contributed by atoms with van der Waals surface area (Å²) in [5.41, 5.74) is 8.53. The number of hydrogen-bond acceptors (Lipinski definition) is 3. The van der Waals surface area contributed by atoms with Gasteiger partial charge in [-0.3, -0.25) is 9.48 Å². The van der Waals surface area contributed by atoms with E-state index in [0.717, 1.165) is 23.4 Å². The maximum absolute atomic E-state index is 11.4. The molecular formula is C16H22N4O. The molecule has 21 heavy (non-hydrogen) atoms. The molecule has 5 heteroatoms. The number of pyridine rings is 1. The van der Waals surface area contributed by atoms with Crippen LogP contribution in [0.5, 0.6) is 0 Å². The van der Waals surface area contributed by atoms with E-state index in [1.165, 1.54) is 12.8 Å². The van der Waals surface area contributed by atoms with E-state index in [2.05, 4.69) is 10.1 Å². The van der Waals surface area contributed by atoms with Gasteiger partial charge in [-0.1, -0.05) is 20.8 Å². The van der Waals surface area contributed by atoms with Crippen LogP contribution in [-0.4, -0.2) is 20.7 Å². The van der Waals surface area contributed by atoms with E-state index in [1.54, 1.807) is 12.3 Å². The van der Waals surface area contributed by atoms with E-state index in [9.17, 15) is 4.79 Å². The molecule has 1 saturated carbocycles. The number of rotatable bonds is 4. The van der Waals surface area contributed by atoms with Gasteiger partial charge in [0.1, 0.15) is 5.69 Å². The van der Waals surface area contributed by atoms with Gasteiger partial charge in [0.05, 0.1) is 11.7 Å². The second kappa shape index (κ2) is 6.52. The monoisotopic (exact) mass is 286 g/mol. The fraction of sp³-hybridized carbons (Fsp3) is 0.438. The molecule has 0 saturated heterocycles. The lowest BCUT2D eigenvalue weighted by molar-refractivity contribution is 0.0995. The third-order valence-electron chi connectivity index (χ3n) is 3.35. The zero-order valence-corrected chi connectivity index (χ0v) is 12.8. The number of nitrogens with two attached hydrogens (primary N) is 1. The lowest BCUT2D eigenvalue weighted by Crippen LogP contribution is -2.14. The maximum atomic E-state index is 11.4. The Labute approximate surface area is 125 Å². The molecule has 112 valence electrons. The molecular weight excluding hydrogens is 264 g/mol. The fourth-order valence-corrected chi connectivity index (χ4v) is 2.20. The van der Waals surface area contributed by atoms with Crippen LogP contribution in [0.1, 0.15) is 55.8 Å². The number of carbonyl (C=O) groups is 1. The maximum Gasteiger partial charge on any atom is 0.267 e. The number of nitrogens with zero attached hydrogens (tertiary/aromatic N) is 3. The molecule has 2 aromatic heterocycles. The van der Waals surface area contributed by atoms with Crippen molar-refractivity contribution in [2.75, 3.05) is 0 Å². The first-order valence-electron chi connectivity index (χ1n) is 7.53. The smallest absolute Gasteiger partial charge is 0.267 e. The molecule has 2 aromatic rings. The highest BCUT2D eigenvalue weighted by Gasteiger charge is 2.26. The molecule has 0 unspecified atom stereocenters. The van der Waals surface area contributed by atoms with Crippen molar-refractivity contribution in [3.8, 4) is 11.3 Å². The van der Waals surface area contributed by atoms with Crippen molar-refractivity contribution in [2.24, 2.45) is 5.73 Å². The van der Waals surface area contributed by atoms with Gasteiger partial charge in [0.2, 0.25) is 0 Å². The number of aryl methyl sites for hydroxylation is 1. The minimum atomic E-state index is -0.492. The van der Waals surface area contributed by atoms with Crippen LogP contribution in [0.2, 0.25) is 0 Å². The lowest BCUT2D eigenvalue weighted by Gasteiger charge is -2.09.